The molecule has 2 aliphatic rings. The number of hydrogen-bond donors (Lipinski definition) is 1. The van der Waals surface area contributed by atoms with Crippen molar-refractivity contribution in [2.45, 2.75) is 25.4 Å². The molecule has 2 saturated heterocycles. The van der Waals surface area contributed by atoms with E-state index in [9.17, 15) is 27.9 Å². The molecular formula is C23H32F3N3O4. The molecule has 184 valence electrons. The fraction of sp³-hybridized carbons (Fsp3) is 0.652. The second kappa shape index (κ2) is 11.2. The van der Waals surface area contributed by atoms with Gasteiger partial charge in [0.2, 0.25) is 5.91 Å². The number of alkyl halides is 3. The van der Waals surface area contributed by atoms with E-state index in [1.54, 1.807) is 11.0 Å². The Kier molecular flexibility index (Phi) is 8.58. The van der Waals surface area contributed by atoms with Crippen LogP contribution in [-0.2, 0) is 20.5 Å². The van der Waals surface area contributed by atoms with Gasteiger partial charge in [-0.25, -0.2) is 0 Å². The molecule has 2 aliphatic heterocycles. The zero-order valence-electron chi connectivity index (χ0n) is 18.9. The van der Waals surface area contributed by atoms with E-state index < -0.39 is 17.7 Å². The number of hydrogen-bond acceptors (Lipinski definition) is 5. The minimum atomic E-state index is -4.36. The first-order chi connectivity index (χ1) is 15.7. The lowest BCUT2D eigenvalue weighted by Gasteiger charge is -2.40. The van der Waals surface area contributed by atoms with Crippen molar-refractivity contribution in [3.8, 4) is 0 Å². The zero-order chi connectivity index (χ0) is 24.0. The van der Waals surface area contributed by atoms with E-state index in [0.717, 1.165) is 32.1 Å². The van der Waals surface area contributed by atoms with Crippen LogP contribution in [0, 0.1) is 11.8 Å². The van der Waals surface area contributed by atoms with E-state index in [1.807, 2.05) is 4.90 Å². The summed E-state index contributed by atoms with van der Waals surface area (Å²) in [5.74, 6) is -0.778. The Morgan fingerprint density at radius 1 is 1.12 bits per heavy atom. The van der Waals surface area contributed by atoms with Gasteiger partial charge in [0.25, 0.3) is 0 Å². The van der Waals surface area contributed by atoms with Gasteiger partial charge in [0.1, 0.15) is 6.61 Å². The first-order valence-corrected chi connectivity index (χ1v) is 11.3. The Balaban J connectivity index is 1.53. The quantitative estimate of drug-likeness (QED) is 0.629. The van der Waals surface area contributed by atoms with Crippen molar-refractivity contribution in [2.75, 3.05) is 64.4 Å². The molecule has 1 N–H and O–H groups in total. The molecule has 0 bridgehead atoms. The summed E-state index contributed by atoms with van der Waals surface area (Å²) in [7, 11) is 1.48. The van der Waals surface area contributed by atoms with Gasteiger partial charge < -0.3 is 19.6 Å². The number of rotatable bonds is 8. The third kappa shape index (κ3) is 7.07. The first kappa shape index (κ1) is 25.3. The second-order valence-corrected chi connectivity index (χ2v) is 8.84. The van der Waals surface area contributed by atoms with Gasteiger partial charge >= 0.3 is 12.1 Å². The molecular weight excluding hydrogens is 439 g/mol. The van der Waals surface area contributed by atoms with Gasteiger partial charge in [-0.15, -0.1) is 0 Å². The van der Waals surface area contributed by atoms with Crippen molar-refractivity contribution >= 4 is 17.6 Å². The van der Waals surface area contributed by atoms with Gasteiger partial charge in [-0.3, -0.25) is 14.5 Å². The Labute approximate surface area is 192 Å². The highest BCUT2D eigenvalue weighted by Gasteiger charge is 2.33. The number of ether oxygens (including phenoxy) is 1. The molecule has 0 aromatic heterocycles. The number of piperidine rings is 1. The predicted octanol–water partition coefficient (Wildman–Crippen LogP) is 2.80. The fourth-order valence-corrected chi connectivity index (χ4v) is 4.80. The monoisotopic (exact) mass is 471 g/mol. The maximum atomic E-state index is 13.0. The maximum absolute atomic E-state index is 13.0. The average molecular weight is 472 g/mol. The van der Waals surface area contributed by atoms with Crippen LogP contribution in [0.4, 0.5) is 18.9 Å². The SMILES string of the molecule is COCC(=O)N1CCC(CC(=O)O)C(CCN2CCN(c3cccc(C(F)(F)F)c3)CC2)C1. The number of likely N-dealkylation sites (tertiary alicyclic amines) is 1. The Morgan fingerprint density at radius 2 is 1.85 bits per heavy atom. The highest BCUT2D eigenvalue weighted by atomic mass is 19.4. The number of amides is 1. The lowest BCUT2D eigenvalue weighted by molar-refractivity contribution is -0.141. The van der Waals surface area contributed by atoms with Crippen molar-refractivity contribution in [2.24, 2.45) is 11.8 Å². The van der Waals surface area contributed by atoms with Crippen molar-refractivity contribution in [3.05, 3.63) is 29.8 Å². The number of benzene rings is 1. The number of piperazine rings is 1. The summed E-state index contributed by atoms with van der Waals surface area (Å²) in [6.45, 7) is 4.57. The molecule has 3 rings (SSSR count). The van der Waals surface area contributed by atoms with E-state index >= 15 is 0 Å². The number of methoxy groups -OCH3 is 1. The normalized spacial score (nSPS) is 22.4. The molecule has 0 aliphatic carbocycles. The van der Waals surface area contributed by atoms with Crippen molar-refractivity contribution in [3.63, 3.8) is 0 Å². The van der Waals surface area contributed by atoms with Gasteiger partial charge in [-0.1, -0.05) is 6.07 Å². The summed E-state index contributed by atoms with van der Waals surface area (Å²) in [6, 6.07) is 5.42. The van der Waals surface area contributed by atoms with Gasteiger partial charge in [0.05, 0.1) is 5.56 Å². The summed E-state index contributed by atoms with van der Waals surface area (Å²) in [5, 5.41) is 9.28. The number of carbonyl (C=O) groups is 2. The van der Waals surface area contributed by atoms with Crippen LogP contribution in [0.5, 0.6) is 0 Å². The molecule has 1 aromatic rings. The molecule has 2 fully saturated rings. The summed E-state index contributed by atoms with van der Waals surface area (Å²) >= 11 is 0. The molecule has 2 heterocycles. The highest BCUT2D eigenvalue weighted by Crippen LogP contribution is 2.32. The Bertz CT molecular complexity index is 812. The fourth-order valence-electron chi connectivity index (χ4n) is 4.80. The van der Waals surface area contributed by atoms with Gasteiger partial charge in [-0.2, -0.15) is 13.2 Å². The molecule has 2 atom stereocenters. The molecule has 0 spiro atoms. The Morgan fingerprint density at radius 3 is 2.48 bits per heavy atom. The zero-order valence-corrected chi connectivity index (χ0v) is 18.9. The Hall–Kier alpha value is -2.33. The lowest BCUT2D eigenvalue weighted by atomic mass is 9.81. The van der Waals surface area contributed by atoms with E-state index in [4.69, 9.17) is 4.74 Å². The molecule has 0 radical (unpaired) electrons. The lowest BCUT2D eigenvalue weighted by Crippen LogP contribution is -2.49. The molecule has 7 nitrogen and oxygen atoms in total. The van der Waals surface area contributed by atoms with Crippen molar-refractivity contribution < 1.29 is 32.6 Å². The van der Waals surface area contributed by atoms with E-state index in [1.165, 1.54) is 19.2 Å². The number of anilines is 1. The van der Waals surface area contributed by atoms with Crippen LogP contribution in [0.25, 0.3) is 0 Å². The smallest absolute Gasteiger partial charge is 0.416 e. The predicted molar refractivity (Wildman–Crippen MR) is 117 cm³/mol. The second-order valence-electron chi connectivity index (χ2n) is 8.84. The van der Waals surface area contributed by atoms with E-state index in [2.05, 4.69) is 4.90 Å². The van der Waals surface area contributed by atoms with Crippen LogP contribution in [0.1, 0.15) is 24.8 Å². The highest BCUT2D eigenvalue weighted by molar-refractivity contribution is 5.77. The summed E-state index contributed by atoms with van der Waals surface area (Å²) in [6.07, 6.45) is -2.82. The average Bonchev–Trinajstić information content (AvgIpc) is 2.78. The van der Waals surface area contributed by atoms with Crippen LogP contribution in [0.3, 0.4) is 0 Å². The molecule has 0 saturated carbocycles. The third-order valence-electron chi connectivity index (χ3n) is 6.68. The molecule has 10 heteroatoms. The van der Waals surface area contributed by atoms with Gasteiger partial charge in [-0.05, 0) is 49.4 Å². The van der Waals surface area contributed by atoms with Crippen LogP contribution in [-0.4, -0.2) is 86.3 Å². The number of carbonyl (C=O) groups excluding carboxylic acids is 1. The van der Waals surface area contributed by atoms with Gasteiger partial charge in [0.15, 0.2) is 0 Å². The summed E-state index contributed by atoms with van der Waals surface area (Å²) < 4.78 is 44.0. The molecule has 2 unspecified atom stereocenters. The van der Waals surface area contributed by atoms with E-state index in [0.29, 0.717) is 38.3 Å². The summed E-state index contributed by atoms with van der Waals surface area (Å²) in [4.78, 5) is 29.5. The van der Waals surface area contributed by atoms with Crippen LogP contribution < -0.4 is 4.90 Å². The number of carboxylic acid groups (broad SMARTS) is 1. The third-order valence-corrected chi connectivity index (χ3v) is 6.68. The van der Waals surface area contributed by atoms with Crippen LogP contribution in [0.2, 0.25) is 0 Å². The van der Waals surface area contributed by atoms with Gasteiger partial charge in [0, 0.05) is 58.5 Å². The van der Waals surface area contributed by atoms with Crippen molar-refractivity contribution in [1.82, 2.24) is 9.80 Å². The minimum absolute atomic E-state index is 0.0216. The largest absolute Gasteiger partial charge is 0.481 e. The number of halogens is 3. The molecule has 33 heavy (non-hydrogen) atoms. The van der Waals surface area contributed by atoms with Crippen LogP contribution in [0.15, 0.2) is 24.3 Å². The van der Waals surface area contributed by atoms with E-state index in [-0.39, 0.29) is 30.8 Å². The maximum Gasteiger partial charge on any atom is 0.416 e. The number of aliphatic carboxylic acids is 1. The van der Waals surface area contributed by atoms with Crippen molar-refractivity contribution in [1.29, 1.82) is 0 Å². The standard InChI is InChI=1S/C23H32F3N3O4/c1-33-16-21(30)29-8-6-17(13-22(31)32)18(15-29)5-7-27-9-11-28(12-10-27)20-4-2-3-19(14-20)23(24,25)26/h2-4,14,17-18H,5-13,15-16H2,1H3,(H,31,32). The number of carboxylic acids is 1. The molecule has 1 amide bonds. The topological polar surface area (TPSA) is 73.3 Å². The van der Waals surface area contributed by atoms with Crippen LogP contribution >= 0.6 is 0 Å². The minimum Gasteiger partial charge on any atom is -0.481 e. The number of nitrogens with zero attached hydrogens (tertiary/aromatic N) is 3. The first-order valence-electron chi connectivity index (χ1n) is 11.3. The molecule has 1 aromatic carbocycles. The summed E-state index contributed by atoms with van der Waals surface area (Å²) in [5.41, 5.74) is -0.0673.